The molecule has 22 heavy (non-hydrogen) atoms. The van der Waals surface area contributed by atoms with E-state index in [9.17, 15) is 0 Å². The number of aliphatic imine (C=N–C) groups is 1. The van der Waals surface area contributed by atoms with Crippen LogP contribution in [0.15, 0.2) is 4.99 Å². The van der Waals surface area contributed by atoms with Gasteiger partial charge in [0.05, 0.1) is 0 Å². The minimum atomic E-state index is 0.268. The van der Waals surface area contributed by atoms with Crippen LogP contribution >= 0.6 is 0 Å². The smallest absolute Gasteiger partial charge is 0.191 e. The number of nitrogens with zero attached hydrogens (tertiary/aromatic N) is 1. The lowest BCUT2D eigenvalue weighted by molar-refractivity contribution is 0.253. The molecule has 1 fully saturated rings. The topological polar surface area (TPSA) is 56.7 Å². The molecule has 0 spiro atoms. The number of aliphatic hydroxyl groups excluding tert-OH is 1. The van der Waals surface area contributed by atoms with E-state index in [2.05, 4.69) is 31.4 Å². The fourth-order valence-corrected chi connectivity index (χ4v) is 3.47. The summed E-state index contributed by atoms with van der Waals surface area (Å²) >= 11 is 0. The molecule has 1 rings (SSSR count). The van der Waals surface area contributed by atoms with Crippen molar-refractivity contribution in [1.29, 1.82) is 0 Å². The Kier molecular flexibility index (Phi) is 10.3. The second-order valence-electron chi connectivity index (χ2n) is 6.91. The number of guanidine groups is 1. The molecular formula is C18H37N3O. The van der Waals surface area contributed by atoms with E-state index >= 15 is 0 Å². The summed E-state index contributed by atoms with van der Waals surface area (Å²) in [6.45, 7) is 9.68. The number of aliphatic hydroxyl groups is 1. The average molecular weight is 312 g/mol. The van der Waals surface area contributed by atoms with Gasteiger partial charge in [0.2, 0.25) is 0 Å². The summed E-state index contributed by atoms with van der Waals surface area (Å²) in [5.74, 6) is 3.11. The highest BCUT2D eigenvalue weighted by molar-refractivity contribution is 5.79. The molecule has 0 heterocycles. The minimum absolute atomic E-state index is 0.268. The Bertz CT molecular complexity index is 301. The van der Waals surface area contributed by atoms with E-state index in [1.807, 2.05) is 0 Å². The van der Waals surface area contributed by atoms with Crippen molar-refractivity contribution in [2.75, 3.05) is 26.2 Å². The van der Waals surface area contributed by atoms with Crippen molar-refractivity contribution in [2.24, 2.45) is 22.7 Å². The highest BCUT2D eigenvalue weighted by Crippen LogP contribution is 2.27. The number of hydrogen-bond acceptors (Lipinski definition) is 2. The van der Waals surface area contributed by atoms with Crippen LogP contribution in [0.25, 0.3) is 0 Å². The monoisotopic (exact) mass is 311 g/mol. The summed E-state index contributed by atoms with van der Waals surface area (Å²) in [5.41, 5.74) is 0. The van der Waals surface area contributed by atoms with Gasteiger partial charge in [-0.05, 0) is 50.4 Å². The van der Waals surface area contributed by atoms with Crippen molar-refractivity contribution in [3.05, 3.63) is 0 Å². The molecule has 0 aromatic rings. The second kappa shape index (κ2) is 11.8. The van der Waals surface area contributed by atoms with Crippen LogP contribution in [-0.2, 0) is 0 Å². The molecule has 0 saturated heterocycles. The largest absolute Gasteiger partial charge is 0.396 e. The molecule has 1 saturated carbocycles. The highest BCUT2D eigenvalue weighted by atomic mass is 16.3. The Balaban J connectivity index is 2.43. The number of nitrogens with one attached hydrogen (secondary N) is 2. The molecule has 0 aliphatic heterocycles. The normalized spacial score (nSPS) is 24.1. The quantitative estimate of drug-likeness (QED) is 0.453. The summed E-state index contributed by atoms with van der Waals surface area (Å²) in [7, 11) is 0. The van der Waals surface area contributed by atoms with Gasteiger partial charge in [-0.3, -0.25) is 4.99 Å². The Hall–Kier alpha value is -0.770. The van der Waals surface area contributed by atoms with Crippen LogP contribution < -0.4 is 10.6 Å². The molecule has 3 unspecified atom stereocenters. The van der Waals surface area contributed by atoms with Gasteiger partial charge in [0.15, 0.2) is 5.96 Å². The van der Waals surface area contributed by atoms with Crippen LogP contribution in [0.2, 0.25) is 0 Å². The standard InChI is InChI=1S/C18H37N3O/c1-4-7-16(10-11-22)13-20-18(19-5-2)21-14-17-9-6-8-15(3)12-17/h15-17,22H,4-14H2,1-3H3,(H2,19,20,21). The van der Waals surface area contributed by atoms with Crippen molar-refractivity contribution in [1.82, 2.24) is 10.6 Å². The lowest BCUT2D eigenvalue weighted by Crippen LogP contribution is -2.40. The van der Waals surface area contributed by atoms with E-state index in [1.165, 1.54) is 25.7 Å². The molecule has 0 amide bonds. The zero-order valence-corrected chi connectivity index (χ0v) is 14.9. The van der Waals surface area contributed by atoms with Gasteiger partial charge in [-0.2, -0.15) is 0 Å². The van der Waals surface area contributed by atoms with Crippen molar-refractivity contribution in [3.63, 3.8) is 0 Å². The molecule has 0 bridgehead atoms. The first-order valence-corrected chi connectivity index (χ1v) is 9.32. The third-order valence-corrected chi connectivity index (χ3v) is 4.69. The Morgan fingerprint density at radius 1 is 1.23 bits per heavy atom. The molecule has 3 atom stereocenters. The summed E-state index contributed by atoms with van der Waals surface area (Å²) in [6.07, 6.45) is 8.61. The van der Waals surface area contributed by atoms with Gasteiger partial charge >= 0.3 is 0 Å². The maximum absolute atomic E-state index is 9.15. The summed E-state index contributed by atoms with van der Waals surface area (Å²) in [6, 6.07) is 0. The van der Waals surface area contributed by atoms with Gasteiger partial charge in [0, 0.05) is 26.2 Å². The van der Waals surface area contributed by atoms with Crippen LogP contribution in [0.4, 0.5) is 0 Å². The van der Waals surface area contributed by atoms with Crippen LogP contribution in [-0.4, -0.2) is 37.3 Å². The van der Waals surface area contributed by atoms with Gasteiger partial charge in [0.25, 0.3) is 0 Å². The van der Waals surface area contributed by atoms with Gasteiger partial charge in [-0.1, -0.05) is 33.1 Å². The van der Waals surface area contributed by atoms with Crippen molar-refractivity contribution in [3.8, 4) is 0 Å². The van der Waals surface area contributed by atoms with Crippen molar-refractivity contribution in [2.45, 2.75) is 65.7 Å². The minimum Gasteiger partial charge on any atom is -0.396 e. The summed E-state index contributed by atoms with van der Waals surface area (Å²) in [4.78, 5) is 4.74. The average Bonchev–Trinajstić information content (AvgIpc) is 2.50. The van der Waals surface area contributed by atoms with Crippen molar-refractivity contribution >= 4 is 5.96 Å². The van der Waals surface area contributed by atoms with E-state index < -0.39 is 0 Å². The Morgan fingerprint density at radius 2 is 2.05 bits per heavy atom. The van der Waals surface area contributed by atoms with E-state index in [1.54, 1.807) is 0 Å². The Morgan fingerprint density at radius 3 is 2.68 bits per heavy atom. The molecule has 1 aliphatic carbocycles. The van der Waals surface area contributed by atoms with E-state index in [4.69, 9.17) is 10.1 Å². The van der Waals surface area contributed by atoms with Gasteiger partial charge < -0.3 is 15.7 Å². The zero-order chi connectivity index (χ0) is 16.2. The fraction of sp³-hybridized carbons (Fsp3) is 0.944. The maximum Gasteiger partial charge on any atom is 0.191 e. The molecule has 0 aromatic carbocycles. The first kappa shape index (κ1) is 19.3. The van der Waals surface area contributed by atoms with Crippen molar-refractivity contribution < 1.29 is 5.11 Å². The molecule has 3 N–H and O–H groups in total. The number of hydrogen-bond donors (Lipinski definition) is 3. The molecule has 4 heteroatoms. The van der Waals surface area contributed by atoms with Crippen LogP contribution in [0.3, 0.4) is 0 Å². The fourth-order valence-electron chi connectivity index (χ4n) is 3.47. The molecule has 1 aliphatic rings. The van der Waals surface area contributed by atoms with Gasteiger partial charge in [-0.25, -0.2) is 0 Å². The SMILES string of the molecule is CCCC(CCO)CN=C(NCC)NCC1CCCC(C)C1. The zero-order valence-electron chi connectivity index (χ0n) is 14.9. The molecule has 0 aromatic heterocycles. The first-order chi connectivity index (χ1) is 10.7. The molecular weight excluding hydrogens is 274 g/mol. The highest BCUT2D eigenvalue weighted by Gasteiger charge is 2.18. The van der Waals surface area contributed by atoms with Gasteiger partial charge in [-0.15, -0.1) is 0 Å². The van der Waals surface area contributed by atoms with Crippen LogP contribution in [0.1, 0.15) is 65.7 Å². The predicted molar refractivity (Wildman–Crippen MR) is 95.2 cm³/mol. The lowest BCUT2D eigenvalue weighted by Gasteiger charge is -2.27. The third kappa shape index (κ3) is 8.02. The van der Waals surface area contributed by atoms with Crippen LogP contribution in [0.5, 0.6) is 0 Å². The summed E-state index contributed by atoms with van der Waals surface area (Å²) < 4.78 is 0. The predicted octanol–water partition coefficient (Wildman–Crippen LogP) is 3.17. The maximum atomic E-state index is 9.15. The number of rotatable bonds is 9. The van der Waals surface area contributed by atoms with E-state index in [0.717, 1.165) is 56.7 Å². The second-order valence-corrected chi connectivity index (χ2v) is 6.91. The lowest BCUT2D eigenvalue weighted by atomic mass is 9.82. The van der Waals surface area contributed by atoms with Gasteiger partial charge in [0.1, 0.15) is 0 Å². The van der Waals surface area contributed by atoms with E-state index in [0.29, 0.717) is 5.92 Å². The third-order valence-electron chi connectivity index (χ3n) is 4.69. The molecule has 0 radical (unpaired) electrons. The molecule has 4 nitrogen and oxygen atoms in total. The molecule has 130 valence electrons. The van der Waals surface area contributed by atoms with E-state index in [-0.39, 0.29) is 6.61 Å². The van der Waals surface area contributed by atoms with Crippen LogP contribution in [0, 0.1) is 17.8 Å². The Labute approximate surface area is 137 Å². The summed E-state index contributed by atoms with van der Waals surface area (Å²) in [5, 5.41) is 16.0. The first-order valence-electron chi connectivity index (χ1n) is 9.32.